The van der Waals surface area contributed by atoms with Crippen molar-refractivity contribution in [3.05, 3.63) is 35.9 Å². The fourth-order valence-electron chi connectivity index (χ4n) is 4.37. The Morgan fingerprint density at radius 3 is 2.64 bits per heavy atom. The Bertz CT molecular complexity index is 627. The summed E-state index contributed by atoms with van der Waals surface area (Å²) < 4.78 is 11.1. The molecule has 1 saturated heterocycles. The number of amides is 1. The monoisotopic (exact) mass is 387 g/mol. The number of hydrogen-bond acceptors (Lipinski definition) is 4. The van der Waals surface area contributed by atoms with Crippen molar-refractivity contribution in [2.24, 2.45) is 5.92 Å². The molecule has 0 bridgehead atoms. The third-order valence-corrected chi connectivity index (χ3v) is 5.97. The van der Waals surface area contributed by atoms with E-state index in [-0.39, 0.29) is 37.2 Å². The van der Waals surface area contributed by atoms with E-state index in [9.17, 15) is 9.59 Å². The third-order valence-electron chi connectivity index (χ3n) is 5.97. The van der Waals surface area contributed by atoms with Crippen molar-refractivity contribution in [3.63, 3.8) is 0 Å². The summed E-state index contributed by atoms with van der Waals surface area (Å²) in [5, 5.41) is 0. The Morgan fingerprint density at radius 2 is 1.93 bits per heavy atom. The van der Waals surface area contributed by atoms with Gasteiger partial charge >= 0.3 is 12.1 Å². The summed E-state index contributed by atoms with van der Waals surface area (Å²) in [6, 6.07) is 9.59. The van der Waals surface area contributed by atoms with E-state index in [1.807, 2.05) is 35.2 Å². The van der Waals surface area contributed by atoms with E-state index < -0.39 is 0 Å². The molecule has 0 radical (unpaired) electrons. The van der Waals surface area contributed by atoms with Crippen LogP contribution in [0, 0.1) is 5.92 Å². The molecule has 1 aromatic carbocycles. The zero-order valence-corrected chi connectivity index (χ0v) is 17.0. The highest BCUT2D eigenvalue weighted by Crippen LogP contribution is 2.33. The van der Waals surface area contributed by atoms with Crippen molar-refractivity contribution in [2.45, 2.75) is 76.9 Å². The molecule has 1 heterocycles. The summed E-state index contributed by atoms with van der Waals surface area (Å²) in [5.41, 5.74) is 0.930. The van der Waals surface area contributed by atoms with Gasteiger partial charge in [-0.15, -0.1) is 0 Å². The number of ether oxygens (including phenoxy) is 2. The van der Waals surface area contributed by atoms with Crippen LogP contribution in [0.4, 0.5) is 4.79 Å². The molecule has 2 aliphatic rings. The number of cyclic esters (lactones) is 1. The topological polar surface area (TPSA) is 55.8 Å². The third kappa shape index (κ3) is 5.73. The average Bonchev–Trinajstić information content (AvgIpc) is 3.00. The lowest BCUT2D eigenvalue weighted by atomic mass is 9.83. The molecule has 0 spiro atoms. The number of carbonyl (C=O) groups excluding carboxylic acids is 2. The number of carbonyl (C=O) groups is 2. The zero-order chi connectivity index (χ0) is 19.8. The quantitative estimate of drug-likeness (QED) is 0.575. The SMILES string of the molecule is CCCCN1C(=O)O[C@H](COC(=O)Cc2ccccc2)[C@H]1CC1CCCCC1. The molecule has 154 valence electrons. The van der Waals surface area contributed by atoms with Gasteiger partial charge in [-0.3, -0.25) is 4.79 Å². The van der Waals surface area contributed by atoms with Crippen LogP contribution in [-0.4, -0.2) is 42.3 Å². The lowest BCUT2D eigenvalue weighted by Crippen LogP contribution is -2.41. The zero-order valence-electron chi connectivity index (χ0n) is 17.0. The first kappa shape index (κ1) is 20.7. The van der Waals surface area contributed by atoms with Crippen LogP contribution in [-0.2, 0) is 20.7 Å². The Labute approximate surface area is 168 Å². The maximum atomic E-state index is 12.4. The summed E-state index contributed by atoms with van der Waals surface area (Å²) in [5.74, 6) is 0.366. The number of rotatable bonds is 9. The second-order valence-corrected chi connectivity index (χ2v) is 8.12. The number of hydrogen-bond donors (Lipinski definition) is 0. The minimum Gasteiger partial charge on any atom is -0.461 e. The molecule has 2 fully saturated rings. The fourth-order valence-corrected chi connectivity index (χ4v) is 4.37. The molecule has 2 atom stereocenters. The highest BCUT2D eigenvalue weighted by Gasteiger charge is 2.43. The summed E-state index contributed by atoms with van der Waals surface area (Å²) >= 11 is 0. The Balaban J connectivity index is 1.58. The van der Waals surface area contributed by atoms with Crippen LogP contribution in [0.3, 0.4) is 0 Å². The highest BCUT2D eigenvalue weighted by atomic mass is 16.6. The number of esters is 1. The minimum absolute atomic E-state index is 0.0201. The van der Waals surface area contributed by atoms with Crippen LogP contribution < -0.4 is 0 Å². The molecule has 1 aliphatic heterocycles. The van der Waals surface area contributed by atoms with Crippen LogP contribution >= 0.6 is 0 Å². The molecule has 1 amide bonds. The van der Waals surface area contributed by atoms with E-state index in [0.717, 1.165) is 31.4 Å². The number of benzene rings is 1. The van der Waals surface area contributed by atoms with E-state index in [1.54, 1.807) is 0 Å². The van der Waals surface area contributed by atoms with Gasteiger partial charge < -0.3 is 14.4 Å². The van der Waals surface area contributed by atoms with Crippen molar-refractivity contribution in [3.8, 4) is 0 Å². The maximum Gasteiger partial charge on any atom is 0.410 e. The normalized spacial score (nSPS) is 22.9. The minimum atomic E-state index is -0.356. The van der Waals surface area contributed by atoms with Gasteiger partial charge in [0.15, 0.2) is 6.10 Å². The van der Waals surface area contributed by atoms with Gasteiger partial charge in [0.05, 0.1) is 12.5 Å². The smallest absolute Gasteiger partial charge is 0.410 e. The van der Waals surface area contributed by atoms with Gasteiger partial charge in [-0.25, -0.2) is 4.79 Å². The maximum absolute atomic E-state index is 12.4. The van der Waals surface area contributed by atoms with Gasteiger partial charge in [0.1, 0.15) is 6.61 Å². The van der Waals surface area contributed by atoms with Gasteiger partial charge in [-0.2, -0.15) is 0 Å². The molecule has 1 aliphatic carbocycles. The second kappa shape index (κ2) is 10.5. The molecule has 1 saturated carbocycles. The summed E-state index contributed by atoms with van der Waals surface area (Å²) in [6.45, 7) is 3.00. The Kier molecular flexibility index (Phi) is 7.75. The first-order chi connectivity index (χ1) is 13.7. The first-order valence-corrected chi connectivity index (χ1v) is 10.8. The van der Waals surface area contributed by atoms with Crippen molar-refractivity contribution in [2.75, 3.05) is 13.2 Å². The lowest BCUT2D eigenvalue weighted by molar-refractivity contribution is -0.145. The molecule has 0 unspecified atom stereocenters. The van der Waals surface area contributed by atoms with Gasteiger partial charge in [0.25, 0.3) is 0 Å². The molecule has 0 aromatic heterocycles. The van der Waals surface area contributed by atoms with E-state index >= 15 is 0 Å². The van der Waals surface area contributed by atoms with Crippen LogP contribution in [0.2, 0.25) is 0 Å². The van der Waals surface area contributed by atoms with Crippen molar-refractivity contribution < 1.29 is 19.1 Å². The number of nitrogens with zero attached hydrogens (tertiary/aromatic N) is 1. The standard InChI is InChI=1S/C23H33NO4/c1-2-3-14-24-20(15-18-10-6-4-7-11-18)21(28-23(24)26)17-27-22(25)16-19-12-8-5-9-13-19/h5,8-9,12-13,18,20-21H,2-4,6-7,10-11,14-17H2,1H3/t20-,21-/m1/s1. The van der Waals surface area contributed by atoms with Crippen molar-refractivity contribution >= 4 is 12.1 Å². The second-order valence-electron chi connectivity index (χ2n) is 8.12. The van der Waals surface area contributed by atoms with E-state index in [4.69, 9.17) is 9.47 Å². The van der Waals surface area contributed by atoms with Crippen LogP contribution in [0.15, 0.2) is 30.3 Å². The van der Waals surface area contributed by atoms with Crippen LogP contribution in [0.25, 0.3) is 0 Å². The van der Waals surface area contributed by atoms with E-state index in [1.165, 1.54) is 32.1 Å². The number of unbranched alkanes of at least 4 members (excludes halogenated alkanes) is 1. The van der Waals surface area contributed by atoms with Gasteiger partial charge in [0.2, 0.25) is 0 Å². The average molecular weight is 388 g/mol. The van der Waals surface area contributed by atoms with Crippen molar-refractivity contribution in [1.29, 1.82) is 0 Å². The predicted octanol–water partition coefficient (Wildman–Crippen LogP) is 4.73. The van der Waals surface area contributed by atoms with Gasteiger partial charge in [0, 0.05) is 6.54 Å². The molecular weight excluding hydrogens is 354 g/mol. The summed E-state index contributed by atoms with van der Waals surface area (Å²) in [6.07, 6.45) is 8.92. The van der Waals surface area contributed by atoms with E-state index in [0.29, 0.717) is 5.92 Å². The molecule has 5 heteroatoms. The van der Waals surface area contributed by atoms with Crippen molar-refractivity contribution in [1.82, 2.24) is 4.90 Å². The molecule has 5 nitrogen and oxygen atoms in total. The van der Waals surface area contributed by atoms with Crippen LogP contribution in [0.5, 0.6) is 0 Å². The molecule has 3 rings (SSSR count). The molecule has 28 heavy (non-hydrogen) atoms. The molecule has 1 aromatic rings. The molecular formula is C23H33NO4. The highest BCUT2D eigenvalue weighted by molar-refractivity contribution is 5.73. The van der Waals surface area contributed by atoms with E-state index in [2.05, 4.69) is 6.92 Å². The Hall–Kier alpha value is -2.04. The molecule has 0 N–H and O–H groups in total. The lowest BCUT2D eigenvalue weighted by Gasteiger charge is -2.30. The predicted molar refractivity (Wildman–Crippen MR) is 108 cm³/mol. The fraction of sp³-hybridized carbons (Fsp3) is 0.652. The first-order valence-electron chi connectivity index (χ1n) is 10.8. The summed E-state index contributed by atoms with van der Waals surface area (Å²) in [7, 11) is 0. The van der Waals surface area contributed by atoms with Gasteiger partial charge in [-0.1, -0.05) is 75.8 Å². The summed E-state index contributed by atoms with van der Waals surface area (Å²) in [4.78, 5) is 26.5. The van der Waals surface area contributed by atoms with Crippen LogP contribution in [0.1, 0.15) is 63.9 Å². The Morgan fingerprint density at radius 1 is 1.18 bits per heavy atom. The van der Waals surface area contributed by atoms with Gasteiger partial charge in [-0.05, 0) is 24.3 Å². The largest absolute Gasteiger partial charge is 0.461 e.